The Morgan fingerprint density at radius 1 is 1.29 bits per heavy atom. The molecule has 2 bridgehead atoms. The molecule has 16 nitrogen and oxygen atoms in total. The van der Waals surface area contributed by atoms with Gasteiger partial charge in [-0.1, -0.05) is 23.8 Å². The summed E-state index contributed by atoms with van der Waals surface area (Å²) in [6.07, 6.45) is -3.96. The zero-order chi connectivity index (χ0) is 29.1. The van der Waals surface area contributed by atoms with Crippen LogP contribution >= 0.6 is 37.4 Å². The number of thiol groups is 1. The molecule has 2 aliphatic rings. The lowest BCUT2D eigenvalue weighted by atomic mass is 10.1. The first-order valence-electron chi connectivity index (χ1n) is 11.7. The van der Waals surface area contributed by atoms with Gasteiger partial charge in [-0.15, -0.1) is 0 Å². The first-order chi connectivity index (χ1) is 19.4. The number of nitrogens with two attached hydrogens (primary N) is 1. The maximum atomic E-state index is 15.8. The van der Waals surface area contributed by atoms with E-state index in [0.717, 1.165) is 10.9 Å². The SMILES string of the molecule is Nc1nc2ncn([C@H]3O[C@@H]4COP(O)(=S)OCCn5c(nc6cc(Cl)cnc65)COP(=O)(S)O[C@@H]3[C@@H]4F)c2c(=O)[nH]1. The average Bonchev–Trinajstić information content (AvgIpc) is 3.55. The Morgan fingerprint density at radius 2 is 2.10 bits per heavy atom. The smallest absolute Gasteiger partial charge is 0.369 e. The van der Waals surface area contributed by atoms with Gasteiger partial charge in [-0.2, -0.15) is 4.98 Å². The van der Waals surface area contributed by atoms with Crippen LogP contribution in [0.5, 0.6) is 0 Å². The molecule has 220 valence electrons. The molecule has 0 radical (unpaired) electrons. The third-order valence-electron chi connectivity index (χ3n) is 6.21. The van der Waals surface area contributed by atoms with Crippen LogP contribution in [-0.2, 0) is 52.4 Å². The highest BCUT2D eigenvalue weighted by atomic mass is 35.5. The molecule has 0 aliphatic carbocycles. The van der Waals surface area contributed by atoms with Crippen LogP contribution in [0, 0.1) is 0 Å². The highest BCUT2D eigenvalue weighted by Gasteiger charge is 2.51. The molecule has 1 fully saturated rings. The molecular formula is C19H20ClFN8O8P2S2. The lowest BCUT2D eigenvalue weighted by Crippen LogP contribution is -2.32. The maximum Gasteiger partial charge on any atom is 0.387 e. The Labute approximate surface area is 244 Å². The molecule has 0 saturated carbocycles. The Balaban J connectivity index is 1.38. The molecule has 0 amide bonds. The van der Waals surface area contributed by atoms with Gasteiger partial charge in [-0.3, -0.25) is 23.4 Å². The van der Waals surface area contributed by atoms with E-state index in [4.69, 9.17) is 52.0 Å². The topological polar surface area (TPSA) is 204 Å². The summed E-state index contributed by atoms with van der Waals surface area (Å²) in [6.45, 7) is -9.26. The van der Waals surface area contributed by atoms with Gasteiger partial charge in [0.1, 0.15) is 36.5 Å². The standard InChI is InChI=1S/C19H20ClFN8O8P2S2/c20-8-3-9-16(23-4-8)28-1-2-33-38(31,40)34-5-10-12(21)14(37-39(32,41)35-6-11(28)25-9)18(36-10)29-7-24-15-13(29)17(30)27-19(22)26-15/h3-4,7,10,12,14,18H,1-2,5-6H2,(H,31,40)(H,32,41)(H3,22,26,27,30)/t10-,12-,14-,18+,38?,39?/m1/s1. The number of aromatic amines is 1. The number of nitrogens with zero attached hydrogens (tertiary/aromatic N) is 6. The molecule has 0 aromatic carbocycles. The fourth-order valence-electron chi connectivity index (χ4n) is 4.48. The van der Waals surface area contributed by atoms with Gasteiger partial charge in [0.25, 0.3) is 5.56 Å². The molecule has 41 heavy (non-hydrogen) atoms. The molecule has 2 aliphatic heterocycles. The van der Waals surface area contributed by atoms with Crippen molar-refractivity contribution < 1.29 is 36.7 Å². The Bertz CT molecular complexity index is 1810. The van der Waals surface area contributed by atoms with Crippen molar-refractivity contribution in [1.82, 2.24) is 34.1 Å². The molecule has 2 unspecified atom stereocenters. The van der Waals surface area contributed by atoms with Crippen LogP contribution < -0.4 is 11.3 Å². The summed E-state index contributed by atoms with van der Waals surface area (Å²) in [7, 11) is 0. The first kappa shape index (κ1) is 29.1. The van der Waals surface area contributed by atoms with Crippen LogP contribution in [0.4, 0.5) is 10.3 Å². The molecule has 4 aromatic heterocycles. The van der Waals surface area contributed by atoms with E-state index >= 15 is 4.39 Å². The van der Waals surface area contributed by atoms with Crippen LogP contribution in [-0.4, -0.2) is 70.5 Å². The third-order valence-corrected chi connectivity index (χ3v) is 9.63. The molecular weight excluding hydrogens is 649 g/mol. The summed E-state index contributed by atoms with van der Waals surface area (Å²) in [6, 6.07) is 1.56. The number of hydrogen-bond acceptors (Lipinski definition) is 13. The quantitative estimate of drug-likeness (QED) is 0.170. The van der Waals surface area contributed by atoms with Crippen LogP contribution in [0.3, 0.4) is 0 Å². The predicted molar refractivity (Wildman–Crippen MR) is 149 cm³/mol. The monoisotopic (exact) mass is 668 g/mol. The van der Waals surface area contributed by atoms with Crippen molar-refractivity contribution >= 4 is 77.4 Å². The molecule has 6 atom stereocenters. The van der Waals surface area contributed by atoms with Crippen molar-refractivity contribution in [3.63, 3.8) is 0 Å². The van der Waals surface area contributed by atoms with E-state index in [2.05, 4.69) is 37.2 Å². The van der Waals surface area contributed by atoms with Gasteiger partial charge in [0.05, 0.1) is 18.2 Å². The van der Waals surface area contributed by atoms with Crippen molar-refractivity contribution in [1.29, 1.82) is 0 Å². The van der Waals surface area contributed by atoms with Crippen molar-refractivity contribution in [2.75, 3.05) is 18.9 Å². The second kappa shape index (κ2) is 10.9. The number of fused-ring (bicyclic) bond motifs is 6. The number of hydrogen-bond donors (Lipinski definition) is 4. The third kappa shape index (κ3) is 5.81. The van der Waals surface area contributed by atoms with Crippen LogP contribution in [0.1, 0.15) is 12.1 Å². The number of imidazole rings is 2. The predicted octanol–water partition coefficient (Wildman–Crippen LogP) is 2.24. The van der Waals surface area contributed by atoms with Gasteiger partial charge in [0.2, 0.25) is 5.95 Å². The number of nitrogens with one attached hydrogen (secondary N) is 1. The summed E-state index contributed by atoms with van der Waals surface area (Å²) >= 11 is 15.2. The minimum absolute atomic E-state index is 0.0527. The molecule has 0 spiro atoms. The summed E-state index contributed by atoms with van der Waals surface area (Å²) in [4.78, 5) is 42.2. The second-order valence-electron chi connectivity index (χ2n) is 8.87. The van der Waals surface area contributed by atoms with Gasteiger partial charge >= 0.3 is 13.5 Å². The van der Waals surface area contributed by atoms with Gasteiger partial charge in [0.15, 0.2) is 29.2 Å². The minimum atomic E-state index is -4.33. The number of ether oxygens (including phenoxy) is 1. The summed E-state index contributed by atoms with van der Waals surface area (Å²) in [5.41, 5.74) is 5.52. The van der Waals surface area contributed by atoms with E-state index in [1.54, 1.807) is 10.6 Å². The Morgan fingerprint density at radius 3 is 2.90 bits per heavy atom. The summed E-state index contributed by atoms with van der Waals surface area (Å²) in [5.74, 6) is 0.0393. The largest absolute Gasteiger partial charge is 0.387 e. The van der Waals surface area contributed by atoms with E-state index in [1.165, 1.54) is 6.20 Å². The normalized spacial score (nSPS) is 31.6. The number of anilines is 1. The van der Waals surface area contributed by atoms with Crippen LogP contribution in [0.15, 0.2) is 23.4 Å². The van der Waals surface area contributed by atoms with Gasteiger partial charge in [-0.25, -0.2) is 23.9 Å². The van der Waals surface area contributed by atoms with Crippen molar-refractivity contribution in [3.8, 4) is 0 Å². The lowest BCUT2D eigenvalue weighted by molar-refractivity contribution is -0.0452. The average molecular weight is 669 g/mol. The van der Waals surface area contributed by atoms with Crippen molar-refractivity contribution in [3.05, 3.63) is 39.8 Å². The van der Waals surface area contributed by atoms with Crippen molar-refractivity contribution in [2.45, 2.75) is 37.8 Å². The summed E-state index contributed by atoms with van der Waals surface area (Å²) < 4.78 is 59.6. The van der Waals surface area contributed by atoms with Crippen LogP contribution in [0.25, 0.3) is 22.3 Å². The number of rotatable bonds is 1. The highest BCUT2D eigenvalue weighted by Crippen LogP contribution is 2.57. The van der Waals surface area contributed by atoms with Gasteiger partial charge in [0, 0.05) is 12.7 Å². The Hall–Kier alpha value is -2.02. The van der Waals surface area contributed by atoms with Crippen LogP contribution in [0.2, 0.25) is 5.02 Å². The number of halogens is 2. The van der Waals surface area contributed by atoms with Gasteiger partial charge < -0.3 is 29.0 Å². The lowest BCUT2D eigenvalue weighted by Gasteiger charge is -2.24. The summed E-state index contributed by atoms with van der Waals surface area (Å²) in [5, 5.41) is 0.329. The molecule has 6 heterocycles. The molecule has 4 N–H and O–H groups in total. The molecule has 1 saturated heterocycles. The number of pyridine rings is 1. The first-order valence-corrected chi connectivity index (χ1v) is 17.4. The van der Waals surface area contributed by atoms with E-state index < -0.39 is 56.9 Å². The maximum absolute atomic E-state index is 15.8. The number of nitrogen functional groups attached to an aromatic ring is 1. The molecule has 6 rings (SSSR count). The number of H-pyrrole nitrogens is 1. The van der Waals surface area contributed by atoms with E-state index in [9.17, 15) is 14.3 Å². The van der Waals surface area contributed by atoms with Crippen molar-refractivity contribution in [2.24, 2.45) is 0 Å². The fourth-order valence-corrected chi connectivity index (χ4v) is 7.13. The minimum Gasteiger partial charge on any atom is -0.369 e. The Kier molecular flexibility index (Phi) is 7.74. The molecule has 4 aromatic rings. The van der Waals surface area contributed by atoms with Gasteiger partial charge in [-0.05, 0) is 17.9 Å². The molecule has 22 heteroatoms. The number of alkyl halides is 1. The zero-order valence-corrected chi connectivity index (χ0v) is 24.7. The van der Waals surface area contributed by atoms with E-state index in [0.29, 0.717) is 16.2 Å². The van der Waals surface area contributed by atoms with E-state index in [-0.39, 0.29) is 36.1 Å². The fraction of sp³-hybridized carbons (Fsp3) is 0.421. The zero-order valence-electron chi connectivity index (χ0n) is 20.4. The highest BCUT2D eigenvalue weighted by molar-refractivity contribution is 8.44. The second-order valence-corrected chi connectivity index (χ2v) is 15.0. The number of aromatic nitrogens is 7. The van der Waals surface area contributed by atoms with E-state index in [1.807, 2.05) is 0 Å².